The van der Waals surface area contributed by atoms with E-state index in [9.17, 15) is 4.79 Å². The Morgan fingerprint density at radius 2 is 1.81 bits per heavy atom. The lowest BCUT2D eigenvalue weighted by atomic mass is 10.1. The summed E-state index contributed by atoms with van der Waals surface area (Å²) in [7, 11) is 0. The number of aromatic nitrogens is 3. The van der Waals surface area contributed by atoms with E-state index in [-0.39, 0.29) is 17.8 Å². The molecule has 1 amide bonds. The normalized spacial score (nSPS) is 12.0. The van der Waals surface area contributed by atoms with Gasteiger partial charge in [0, 0.05) is 17.3 Å². The van der Waals surface area contributed by atoms with Crippen LogP contribution in [0.15, 0.2) is 35.5 Å². The molecule has 2 aromatic carbocycles. The third-order valence-corrected chi connectivity index (χ3v) is 6.99. The summed E-state index contributed by atoms with van der Waals surface area (Å²) < 4.78 is 8.05. The number of aryl methyl sites for hydroxylation is 2. The van der Waals surface area contributed by atoms with Crippen molar-refractivity contribution in [2.24, 2.45) is 0 Å². The van der Waals surface area contributed by atoms with Gasteiger partial charge in [0.25, 0.3) is 0 Å². The SMILES string of the molecule is CCn1c(SCC(=O)Nc2ccc(Cl)c(Cl)c2)nnc1C(C)Oc1cc(C)c(Cl)c(C)c1. The van der Waals surface area contributed by atoms with E-state index in [1.54, 1.807) is 18.2 Å². The minimum Gasteiger partial charge on any atom is -0.483 e. The van der Waals surface area contributed by atoms with Crippen molar-refractivity contribution in [3.05, 3.63) is 62.4 Å². The van der Waals surface area contributed by atoms with Crippen LogP contribution in [0.25, 0.3) is 0 Å². The van der Waals surface area contributed by atoms with Gasteiger partial charge in [0.05, 0.1) is 15.8 Å². The van der Waals surface area contributed by atoms with Gasteiger partial charge in [0.2, 0.25) is 5.91 Å². The highest BCUT2D eigenvalue weighted by atomic mass is 35.5. The van der Waals surface area contributed by atoms with Gasteiger partial charge in [0.15, 0.2) is 17.1 Å². The van der Waals surface area contributed by atoms with Crippen molar-refractivity contribution in [3.63, 3.8) is 0 Å². The number of anilines is 1. The molecular weight excluding hydrogens is 491 g/mol. The van der Waals surface area contributed by atoms with Gasteiger partial charge in [-0.05, 0) is 69.2 Å². The Labute approximate surface area is 206 Å². The second-order valence-corrected chi connectivity index (χ2v) is 9.32. The molecule has 1 aromatic heterocycles. The summed E-state index contributed by atoms with van der Waals surface area (Å²) in [5.74, 6) is 1.39. The van der Waals surface area contributed by atoms with Crippen LogP contribution in [0, 0.1) is 13.8 Å². The minimum absolute atomic E-state index is 0.170. The van der Waals surface area contributed by atoms with Gasteiger partial charge < -0.3 is 14.6 Å². The molecule has 1 atom stereocenters. The first-order chi connectivity index (χ1) is 15.2. The lowest BCUT2D eigenvalue weighted by Crippen LogP contribution is -2.15. The summed E-state index contributed by atoms with van der Waals surface area (Å²) in [5, 5.41) is 13.6. The molecule has 0 saturated heterocycles. The van der Waals surface area contributed by atoms with E-state index >= 15 is 0 Å². The number of ether oxygens (including phenoxy) is 1. The molecule has 1 unspecified atom stereocenters. The Morgan fingerprint density at radius 3 is 2.44 bits per heavy atom. The molecule has 0 bridgehead atoms. The fraction of sp³-hybridized carbons (Fsp3) is 0.318. The predicted molar refractivity (Wildman–Crippen MR) is 131 cm³/mol. The Kier molecular flexibility index (Phi) is 8.33. The summed E-state index contributed by atoms with van der Waals surface area (Å²) in [6.45, 7) is 8.45. The number of benzene rings is 2. The average molecular weight is 514 g/mol. The molecule has 1 N–H and O–H groups in total. The summed E-state index contributed by atoms with van der Waals surface area (Å²) in [4.78, 5) is 12.4. The number of amides is 1. The average Bonchev–Trinajstić information content (AvgIpc) is 3.16. The van der Waals surface area contributed by atoms with Gasteiger partial charge in [-0.1, -0.05) is 46.6 Å². The minimum atomic E-state index is -0.332. The first kappa shape index (κ1) is 24.7. The maximum Gasteiger partial charge on any atom is 0.234 e. The van der Waals surface area contributed by atoms with Crippen molar-refractivity contribution in [1.29, 1.82) is 0 Å². The standard InChI is InChI=1S/C22H23Cl3N4O2S/c1-5-29-21(14(4)31-16-8-12(2)20(25)13(3)9-16)27-28-22(29)32-11-19(30)26-15-6-7-17(23)18(24)10-15/h6-10,14H,5,11H2,1-4H3,(H,26,30). The molecule has 3 rings (SSSR count). The quantitative estimate of drug-likeness (QED) is 0.338. The number of rotatable bonds is 8. The lowest BCUT2D eigenvalue weighted by Gasteiger charge is -2.17. The van der Waals surface area contributed by atoms with Crippen LogP contribution >= 0.6 is 46.6 Å². The molecule has 0 aliphatic rings. The molecule has 1 heterocycles. The molecule has 3 aromatic rings. The van der Waals surface area contributed by atoms with Gasteiger partial charge in [0.1, 0.15) is 5.75 Å². The third-order valence-electron chi connectivity index (χ3n) is 4.68. The van der Waals surface area contributed by atoms with Gasteiger partial charge in [-0.15, -0.1) is 10.2 Å². The Hall–Kier alpha value is -1.93. The topological polar surface area (TPSA) is 69.0 Å². The maximum absolute atomic E-state index is 12.4. The van der Waals surface area contributed by atoms with Crippen molar-refractivity contribution in [2.45, 2.75) is 45.5 Å². The molecule has 0 radical (unpaired) electrons. The third kappa shape index (κ3) is 5.90. The Balaban J connectivity index is 1.66. The van der Waals surface area contributed by atoms with Gasteiger partial charge in [-0.3, -0.25) is 4.79 Å². The van der Waals surface area contributed by atoms with Gasteiger partial charge in [-0.2, -0.15) is 0 Å². The Morgan fingerprint density at radius 1 is 1.12 bits per heavy atom. The van der Waals surface area contributed by atoms with E-state index in [1.807, 2.05) is 44.4 Å². The highest BCUT2D eigenvalue weighted by Gasteiger charge is 2.20. The number of hydrogen-bond donors (Lipinski definition) is 1. The van der Waals surface area contributed by atoms with Crippen LogP contribution in [0.5, 0.6) is 5.75 Å². The molecule has 32 heavy (non-hydrogen) atoms. The molecule has 0 fully saturated rings. The monoisotopic (exact) mass is 512 g/mol. The highest BCUT2D eigenvalue weighted by Crippen LogP contribution is 2.30. The van der Waals surface area contributed by atoms with E-state index in [1.165, 1.54) is 11.8 Å². The van der Waals surface area contributed by atoms with Crippen molar-refractivity contribution in [2.75, 3.05) is 11.1 Å². The molecule has 0 aliphatic carbocycles. The highest BCUT2D eigenvalue weighted by molar-refractivity contribution is 7.99. The van der Waals surface area contributed by atoms with Crippen molar-refractivity contribution >= 4 is 58.2 Å². The second-order valence-electron chi connectivity index (χ2n) is 7.18. The predicted octanol–water partition coefficient (Wildman–Crippen LogP) is 6.75. The number of nitrogens with zero attached hydrogens (tertiary/aromatic N) is 3. The summed E-state index contributed by atoms with van der Waals surface area (Å²) >= 11 is 19.5. The van der Waals surface area contributed by atoms with Crippen molar-refractivity contribution in [1.82, 2.24) is 14.8 Å². The van der Waals surface area contributed by atoms with Crippen LogP contribution in [-0.2, 0) is 11.3 Å². The van der Waals surface area contributed by atoms with E-state index in [2.05, 4.69) is 15.5 Å². The zero-order chi connectivity index (χ0) is 23.4. The van der Waals surface area contributed by atoms with Gasteiger partial charge >= 0.3 is 0 Å². The maximum atomic E-state index is 12.4. The molecule has 0 saturated carbocycles. The van der Waals surface area contributed by atoms with Crippen LogP contribution in [0.1, 0.15) is 36.9 Å². The molecule has 170 valence electrons. The second kappa shape index (κ2) is 10.8. The molecule has 0 spiro atoms. The number of nitrogens with one attached hydrogen (secondary N) is 1. The zero-order valence-corrected chi connectivity index (χ0v) is 21.2. The Bertz CT molecular complexity index is 1110. The fourth-order valence-electron chi connectivity index (χ4n) is 3.14. The first-order valence-corrected chi connectivity index (χ1v) is 12.1. The van der Waals surface area contributed by atoms with E-state index in [4.69, 9.17) is 39.5 Å². The lowest BCUT2D eigenvalue weighted by molar-refractivity contribution is -0.113. The number of halogens is 3. The zero-order valence-electron chi connectivity index (χ0n) is 18.1. The van der Waals surface area contributed by atoms with Crippen LogP contribution < -0.4 is 10.1 Å². The van der Waals surface area contributed by atoms with Crippen LogP contribution in [0.3, 0.4) is 0 Å². The largest absolute Gasteiger partial charge is 0.483 e. The van der Waals surface area contributed by atoms with E-state index < -0.39 is 0 Å². The van der Waals surface area contributed by atoms with Crippen molar-refractivity contribution in [3.8, 4) is 5.75 Å². The van der Waals surface area contributed by atoms with E-state index in [0.29, 0.717) is 33.3 Å². The summed E-state index contributed by atoms with van der Waals surface area (Å²) in [6.07, 6.45) is -0.332. The number of carbonyl (C=O) groups is 1. The fourth-order valence-corrected chi connectivity index (χ4v) is 4.35. The van der Waals surface area contributed by atoms with Crippen LogP contribution in [0.2, 0.25) is 15.1 Å². The smallest absolute Gasteiger partial charge is 0.234 e. The summed E-state index contributed by atoms with van der Waals surface area (Å²) in [6, 6.07) is 8.75. The van der Waals surface area contributed by atoms with Gasteiger partial charge in [-0.25, -0.2) is 0 Å². The molecule has 6 nitrogen and oxygen atoms in total. The molecule has 10 heteroatoms. The number of hydrogen-bond acceptors (Lipinski definition) is 5. The number of carbonyl (C=O) groups excluding carboxylic acids is 1. The summed E-state index contributed by atoms with van der Waals surface area (Å²) in [5.41, 5.74) is 2.49. The van der Waals surface area contributed by atoms with Crippen LogP contribution in [0.4, 0.5) is 5.69 Å². The molecule has 0 aliphatic heterocycles. The molecular formula is C22H23Cl3N4O2S. The van der Waals surface area contributed by atoms with Crippen LogP contribution in [-0.4, -0.2) is 26.4 Å². The number of thioether (sulfide) groups is 1. The first-order valence-electron chi connectivity index (χ1n) is 9.93. The van der Waals surface area contributed by atoms with Crippen molar-refractivity contribution < 1.29 is 9.53 Å². The van der Waals surface area contributed by atoms with E-state index in [0.717, 1.165) is 21.9 Å².